The fourth-order valence-electron chi connectivity index (χ4n) is 6.13. The lowest BCUT2D eigenvalue weighted by Crippen LogP contribution is -2.04. The van der Waals surface area contributed by atoms with Gasteiger partial charge in [0.15, 0.2) is 0 Å². The number of benzene rings is 4. The molecule has 0 aliphatic rings. The Labute approximate surface area is 249 Å². The topological polar surface area (TPSA) is 56.7 Å². The molecule has 0 atom stereocenters. The van der Waals surface area contributed by atoms with Crippen LogP contribution in [0.5, 0.6) is 0 Å². The fraction of sp³-hybridized carbons (Fsp3) is 0.0789. The SMILES string of the molecule is CCc1ccc2c(c1)oc1ncc(-c3nc4ccnc(C)c4n3-c3c(-c4ccccc4)cccc3-c3ccccc3)cc12. The smallest absolute Gasteiger partial charge is 0.227 e. The van der Waals surface area contributed by atoms with Crippen LogP contribution in [-0.4, -0.2) is 19.5 Å². The number of pyridine rings is 2. The molecule has 4 aromatic heterocycles. The van der Waals surface area contributed by atoms with E-state index in [0.717, 1.165) is 78.8 Å². The first-order valence-corrected chi connectivity index (χ1v) is 14.6. The Morgan fingerprint density at radius 3 is 2.12 bits per heavy atom. The summed E-state index contributed by atoms with van der Waals surface area (Å²) in [5.41, 5.74) is 11.9. The third-order valence-electron chi connectivity index (χ3n) is 8.24. The van der Waals surface area contributed by atoms with E-state index in [1.807, 2.05) is 25.4 Å². The monoisotopic (exact) mass is 556 g/mol. The first-order chi connectivity index (χ1) is 21.2. The molecule has 5 nitrogen and oxygen atoms in total. The molecule has 0 saturated heterocycles. The van der Waals surface area contributed by atoms with Crippen LogP contribution >= 0.6 is 0 Å². The van der Waals surface area contributed by atoms with Crippen molar-refractivity contribution in [3.05, 3.63) is 133 Å². The van der Waals surface area contributed by atoms with Crippen molar-refractivity contribution in [3.63, 3.8) is 0 Å². The van der Waals surface area contributed by atoms with Gasteiger partial charge in [-0.1, -0.05) is 97.9 Å². The summed E-state index contributed by atoms with van der Waals surface area (Å²) in [6.45, 7) is 4.20. The number of fused-ring (bicyclic) bond motifs is 4. The van der Waals surface area contributed by atoms with Gasteiger partial charge in [-0.05, 0) is 48.2 Å². The first-order valence-electron chi connectivity index (χ1n) is 14.6. The second kappa shape index (κ2) is 10.1. The molecule has 0 saturated carbocycles. The van der Waals surface area contributed by atoms with Crippen LogP contribution in [0.1, 0.15) is 18.2 Å². The molecule has 0 fully saturated rings. The van der Waals surface area contributed by atoms with Gasteiger partial charge < -0.3 is 4.42 Å². The molecule has 0 spiro atoms. The third kappa shape index (κ3) is 4.12. The number of furan rings is 1. The van der Waals surface area contributed by atoms with Crippen molar-refractivity contribution in [2.75, 3.05) is 0 Å². The number of hydrogen-bond donors (Lipinski definition) is 0. The number of aromatic nitrogens is 4. The van der Waals surface area contributed by atoms with Crippen LogP contribution in [0.4, 0.5) is 0 Å². The molecule has 43 heavy (non-hydrogen) atoms. The highest BCUT2D eigenvalue weighted by Crippen LogP contribution is 2.41. The number of para-hydroxylation sites is 1. The molecular weight excluding hydrogens is 528 g/mol. The Morgan fingerprint density at radius 2 is 1.42 bits per heavy atom. The highest BCUT2D eigenvalue weighted by Gasteiger charge is 2.23. The van der Waals surface area contributed by atoms with Gasteiger partial charge in [-0.25, -0.2) is 9.97 Å². The van der Waals surface area contributed by atoms with Crippen molar-refractivity contribution in [1.29, 1.82) is 0 Å². The van der Waals surface area contributed by atoms with E-state index in [2.05, 4.69) is 115 Å². The molecule has 8 aromatic rings. The Morgan fingerprint density at radius 1 is 0.698 bits per heavy atom. The van der Waals surface area contributed by atoms with Crippen molar-refractivity contribution in [2.24, 2.45) is 0 Å². The van der Waals surface area contributed by atoms with Crippen LogP contribution in [0.3, 0.4) is 0 Å². The average Bonchev–Trinajstić information content (AvgIpc) is 3.63. The van der Waals surface area contributed by atoms with Crippen molar-refractivity contribution in [2.45, 2.75) is 20.3 Å². The Bertz CT molecular complexity index is 2220. The number of nitrogens with zero attached hydrogens (tertiary/aromatic N) is 4. The summed E-state index contributed by atoms with van der Waals surface area (Å²) in [5, 5.41) is 2.03. The zero-order valence-electron chi connectivity index (χ0n) is 24.0. The predicted molar refractivity (Wildman–Crippen MR) is 174 cm³/mol. The normalized spacial score (nSPS) is 11.6. The van der Waals surface area contributed by atoms with Crippen LogP contribution in [0.15, 0.2) is 126 Å². The standard InChI is InChI=1S/C38H28N4O/c1-3-25-17-18-31-32-22-28(23-40-38(32)43-34(31)21-25)37-41-33-19-20-39-24(2)35(33)42(37)36-29(26-11-6-4-7-12-26)15-10-16-30(36)27-13-8-5-9-14-27/h4-23H,3H2,1-2H3. The minimum atomic E-state index is 0.627. The maximum Gasteiger partial charge on any atom is 0.227 e. The van der Waals surface area contributed by atoms with Gasteiger partial charge in [0.05, 0.1) is 22.4 Å². The first kappa shape index (κ1) is 25.2. The second-order valence-corrected chi connectivity index (χ2v) is 10.8. The summed E-state index contributed by atoms with van der Waals surface area (Å²) < 4.78 is 8.46. The predicted octanol–water partition coefficient (Wildman–Crippen LogP) is 9.59. The Hall–Kier alpha value is -5.55. The van der Waals surface area contributed by atoms with E-state index in [4.69, 9.17) is 19.4 Å². The highest BCUT2D eigenvalue weighted by atomic mass is 16.3. The van der Waals surface area contributed by atoms with Crippen LogP contribution in [-0.2, 0) is 6.42 Å². The van der Waals surface area contributed by atoms with Gasteiger partial charge in [-0.3, -0.25) is 9.55 Å². The molecule has 0 bridgehead atoms. The molecule has 0 unspecified atom stereocenters. The van der Waals surface area contributed by atoms with Crippen molar-refractivity contribution >= 4 is 33.1 Å². The average molecular weight is 557 g/mol. The molecule has 8 rings (SSSR count). The number of rotatable bonds is 5. The van der Waals surface area contributed by atoms with Gasteiger partial charge in [0.2, 0.25) is 5.71 Å². The van der Waals surface area contributed by atoms with Gasteiger partial charge in [0.1, 0.15) is 11.4 Å². The van der Waals surface area contributed by atoms with Crippen LogP contribution in [0.25, 0.3) is 72.4 Å². The van der Waals surface area contributed by atoms with Crippen LogP contribution < -0.4 is 0 Å². The summed E-state index contributed by atoms with van der Waals surface area (Å²) in [7, 11) is 0. The summed E-state index contributed by atoms with van der Waals surface area (Å²) in [5.74, 6) is 0.806. The number of imidazole rings is 1. The molecule has 206 valence electrons. The minimum absolute atomic E-state index is 0.627. The number of hydrogen-bond acceptors (Lipinski definition) is 4. The molecule has 0 aliphatic carbocycles. The van der Waals surface area contributed by atoms with Crippen molar-refractivity contribution in [1.82, 2.24) is 19.5 Å². The lowest BCUT2D eigenvalue weighted by atomic mass is 9.95. The van der Waals surface area contributed by atoms with Gasteiger partial charge in [-0.2, -0.15) is 0 Å². The van der Waals surface area contributed by atoms with E-state index < -0.39 is 0 Å². The van der Waals surface area contributed by atoms with E-state index in [-0.39, 0.29) is 0 Å². The zero-order chi connectivity index (χ0) is 28.9. The Kier molecular flexibility index (Phi) is 5.90. The molecule has 0 radical (unpaired) electrons. The molecule has 5 heteroatoms. The van der Waals surface area contributed by atoms with Crippen molar-refractivity contribution in [3.8, 4) is 39.3 Å². The molecule has 4 aromatic carbocycles. The number of aryl methyl sites for hydroxylation is 2. The fourth-order valence-corrected chi connectivity index (χ4v) is 6.13. The summed E-state index contributed by atoms with van der Waals surface area (Å²) in [6, 6.07) is 38.2. The van der Waals surface area contributed by atoms with Gasteiger partial charge in [-0.15, -0.1) is 0 Å². The molecule has 4 heterocycles. The van der Waals surface area contributed by atoms with E-state index in [1.165, 1.54) is 5.56 Å². The summed E-state index contributed by atoms with van der Waals surface area (Å²) in [6.07, 6.45) is 4.66. The van der Waals surface area contributed by atoms with E-state index >= 15 is 0 Å². The highest BCUT2D eigenvalue weighted by molar-refractivity contribution is 6.05. The molecule has 0 aliphatic heterocycles. The van der Waals surface area contributed by atoms with Gasteiger partial charge in [0.25, 0.3) is 0 Å². The van der Waals surface area contributed by atoms with Crippen molar-refractivity contribution < 1.29 is 4.42 Å². The third-order valence-corrected chi connectivity index (χ3v) is 8.24. The zero-order valence-corrected chi connectivity index (χ0v) is 24.0. The minimum Gasteiger partial charge on any atom is -0.438 e. The maximum absolute atomic E-state index is 6.18. The van der Waals surface area contributed by atoms with Crippen LogP contribution in [0.2, 0.25) is 0 Å². The molecule has 0 amide bonds. The maximum atomic E-state index is 6.18. The van der Waals surface area contributed by atoms with E-state index in [9.17, 15) is 0 Å². The summed E-state index contributed by atoms with van der Waals surface area (Å²) in [4.78, 5) is 14.8. The van der Waals surface area contributed by atoms with Gasteiger partial charge >= 0.3 is 0 Å². The Balaban J connectivity index is 1.48. The molecular formula is C38H28N4O. The second-order valence-electron chi connectivity index (χ2n) is 10.8. The van der Waals surface area contributed by atoms with Gasteiger partial charge in [0, 0.05) is 39.9 Å². The van der Waals surface area contributed by atoms with E-state index in [0.29, 0.717) is 5.71 Å². The quantitative estimate of drug-likeness (QED) is 0.212. The van der Waals surface area contributed by atoms with Crippen LogP contribution in [0, 0.1) is 6.92 Å². The summed E-state index contributed by atoms with van der Waals surface area (Å²) >= 11 is 0. The molecule has 0 N–H and O–H groups in total. The largest absolute Gasteiger partial charge is 0.438 e. The lowest BCUT2D eigenvalue weighted by molar-refractivity contribution is 0.653. The lowest BCUT2D eigenvalue weighted by Gasteiger charge is -2.20. The van der Waals surface area contributed by atoms with E-state index in [1.54, 1.807) is 0 Å².